The summed E-state index contributed by atoms with van der Waals surface area (Å²) in [4.78, 5) is 4.48. The van der Waals surface area contributed by atoms with Gasteiger partial charge in [-0.25, -0.2) is 0 Å². The highest BCUT2D eigenvalue weighted by Gasteiger charge is 2.27. The molecule has 1 heterocycles. The third-order valence-electron chi connectivity index (χ3n) is 3.03. The summed E-state index contributed by atoms with van der Waals surface area (Å²) in [5.74, 6) is 0. The predicted octanol–water partition coefficient (Wildman–Crippen LogP) is 3.07. The number of pyridine rings is 1. The molecule has 0 aliphatic rings. The minimum atomic E-state index is -4.29. The highest BCUT2D eigenvalue weighted by molar-refractivity contribution is 5.78. The van der Waals surface area contributed by atoms with Crippen LogP contribution in [0, 0.1) is 0 Å². The van der Waals surface area contributed by atoms with Crippen molar-refractivity contribution in [2.75, 3.05) is 13.2 Å². The SMILES string of the molecule is NC(CCOCC(F)(F)F)Cc1ccc2ccccc2n1. The van der Waals surface area contributed by atoms with E-state index >= 15 is 0 Å². The van der Waals surface area contributed by atoms with Gasteiger partial charge in [-0.15, -0.1) is 0 Å². The van der Waals surface area contributed by atoms with Gasteiger partial charge in [0.25, 0.3) is 0 Å². The molecule has 6 heteroatoms. The first kappa shape index (κ1) is 15.7. The topological polar surface area (TPSA) is 48.1 Å². The second-order valence-corrected chi connectivity index (χ2v) is 4.92. The van der Waals surface area contributed by atoms with Crippen LogP contribution < -0.4 is 5.73 Å². The van der Waals surface area contributed by atoms with E-state index in [0.717, 1.165) is 16.6 Å². The number of hydrogen-bond donors (Lipinski definition) is 1. The Bertz CT molecular complexity index is 586. The summed E-state index contributed by atoms with van der Waals surface area (Å²) in [6.45, 7) is -1.23. The number of benzene rings is 1. The first-order chi connectivity index (χ1) is 9.94. The summed E-state index contributed by atoms with van der Waals surface area (Å²) in [6.07, 6.45) is -3.41. The molecule has 1 unspecified atom stereocenters. The van der Waals surface area contributed by atoms with Crippen LogP contribution in [-0.2, 0) is 11.2 Å². The first-order valence-corrected chi connectivity index (χ1v) is 6.69. The van der Waals surface area contributed by atoms with Crippen LogP contribution in [0.15, 0.2) is 36.4 Å². The number of nitrogens with two attached hydrogens (primary N) is 1. The quantitative estimate of drug-likeness (QED) is 0.834. The van der Waals surface area contributed by atoms with Crippen LogP contribution in [-0.4, -0.2) is 30.4 Å². The van der Waals surface area contributed by atoms with E-state index in [0.29, 0.717) is 12.8 Å². The van der Waals surface area contributed by atoms with Crippen molar-refractivity contribution >= 4 is 10.9 Å². The monoisotopic (exact) mass is 298 g/mol. The van der Waals surface area contributed by atoms with Crippen LogP contribution in [0.2, 0.25) is 0 Å². The van der Waals surface area contributed by atoms with Crippen molar-refractivity contribution in [1.82, 2.24) is 4.98 Å². The molecule has 1 atom stereocenters. The molecule has 0 aliphatic carbocycles. The van der Waals surface area contributed by atoms with Gasteiger partial charge in [0.1, 0.15) is 6.61 Å². The number of rotatable bonds is 6. The lowest BCUT2D eigenvalue weighted by molar-refractivity contribution is -0.174. The number of hydrogen-bond acceptors (Lipinski definition) is 3. The molecule has 0 spiro atoms. The molecule has 0 saturated carbocycles. The average molecular weight is 298 g/mol. The van der Waals surface area contributed by atoms with Gasteiger partial charge in [-0.2, -0.15) is 13.2 Å². The van der Waals surface area contributed by atoms with E-state index in [1.807, 2.05) is 36.4 Å². The van der Waals surface area contributed by atoms with Gasteiger partial charge in [-0.3, -0.25) is 4.98 Å². The van der Waals surface area contributed by atoms with Gasteiger partial charge in [0.05, 0.1) is 5.52 Å². The standard InChI is InChI=1S/C15H17F3N2O/c16-15(17,18)10-21-8-7-12(19)9-13-6-5-11-3-1-2-4-14(11)20-13/h1-6,12H,7-10,19H2. The molecule has 0 fully saturated rings. The molecule has 0 aliphatic heterocycles. The van der Waals surface area contributed by atoms with Crippen LogP contribution in [0.4, 0.5) is 13.2 Å². The summed E-state index contributed by atoms with van der Waals surface area (Å²) >= 11 is 0. The zero-order chi connectivity index (χ0) is 15.3. The van der Waals surface area contributed by atoms with E-state index < -0.39 is 12.8 Å². The summed E-state index contributed by atoms with van der Waals surface area (Å²) in [7, 11) is 0. The van der Waals surface area contributed by atoms with E-state index in [4.69, 9.17) is 5.73 Å². The predicted molar refractivity (Wildman–Crippen MR) is 74.9 cm³/mol. The minimum absolute atomic E-state index is 0.00570. The summed E-state index contributed by atoms with van der Waals surface area (Å²) in [6, 6.07) is 11.3. The number of fused-ring (bicyclic) bond motifs is 1. The first-order valence-electron chi connectivity index (χ1n) is 6.69. The van der Waals surface area contributed by atoms with E-state index in [1.165, 1.54) is 0 Å². The Morgan fingerprint density at radius 2 is 1.90 bits per heavy atom. The molecule has 0 bridgehead atoms. The molecule has 21 heavy (non-hydrogen) atoms. The van der Waals surface area contributed by atoms with Crippen molar-refractivity contribution in [3.63, 3.8) is 0 Å². The summed E-state index contributed by atoms with van der Waals surface area (Å²) in [5, 5.41) is 1.04. The van der Waals surface area contributed by atoms with Gasteiger partial charge in [0.15, 0.2) is 0 Å². The molecule has 0 amide bonds. The van der Waals surface area contributed by atoms with E-state index in [9.17, 15) is 13.2 Å². The largest absolute Gasteiger partial charge is 0.411 e. The second-order valence-electron chi connectivity index (χ2n) is 4.92. The van der Waals surface area contributed by atoms with Gasteiger partial charge < -0.3 is 10.5 Å². The maximum Gasteiger partial charge on any atom is 0.411 e. The highest BCUT2D eigenvalue weighted by atomic mass is 19.4. The Balaban J connectivity index is 1.82. The highest BCUT2D eigenvalue weighted by Crippen LogP contribution is 2.15. The molecule has 1 aromatic carbocycles. The van der Waals surface area contributed by atoms with Gasteiger partial charge in [-0.05, 0) is 18.6 Å². The number of aromatic nitrogens is 1. The van der Waals surface area contributed by atoms with Crippen LogP contribution in [0.5, 0.6) is 0 Å². The lowest BCUT2D eigenvalue weighted by Crippen LogP contribution is -2.26. The maximum absolute atomic E-state index is 11.9. The van der Waals surface area contributed by atoms with Crippen molar-refractivity contribution in [3.8, 4) is 0 Å². The molecular weight excluding hydrogens is 281 g/mol. The molecule has 1 aromatic heterocycles. The van der Waals surface area contributed by atoms with Crippen LogP contribution >= 0.6 is 0 Å². The van der Waals surface area contributed by atoms with Crippen molar-refractivity contribution in [3.05, 3.63) is 42.1 Å². The number of para-hydroxylation sites is 1. The number of nitrogens with zero attached hydrogens (tertiary/aromatic N) is 1. The summed E-state index contributed by atoms with van der Waals surface area (Å²) in [5.41, 5.74) is 7.61. The molecule has 0 radical (unpaired) electrons. The second kappa shape index (κ2) is 6.87. The molecule has 2 rings (SSSR count). The summed E-state index contributed by atoms with van der Waals surface area (Å²) < 4.78 is 40.3. The lowest BCUT2D eigenvalue weighted by Gasteiger charge is -2.12. The minimum Gasteiger partial charge on any atom is -0.372 e. The number of halogens is 3. The molecule has 114 valence electrons. The van der Waals surface area contributed by atoms with Crippen molar-refractivity contribution in [2.24, 2.45) is 5.73 Å². The third-order valence-corrected chi connectivity index (χ3v) is 3.03. The molecule has 3 nitrogen and oxygen atoms in total. The van der Waals surface area contributed by atoms with Gasteiger partial charge >= 0.3 is 6.18 Å². The van der Waals surface area contributed by atoms with Gasteiger partial charge in [0, 0.05) is 30.1 Å². The van der Waals surface area contributed by atoms with Crippen molar-refractivity contribution in [1.29, 1.82) is 0 Å². The number of ether oxygens (including phenoxy) is 1. The normalized spacial score (nSPS) is 13.5. The number of alkyl halides is 3. The van der Waals surface area contributed by atoms with E-state index in [-0.39, 0.29) is 12.6 Å². The zero-order valence-corrected chi connectivity index (χ0v) is 11.4. The lowest BCUT2D eigenvalue weighted by atomic mass is 10.1. The zero-order valence-electron chi connectivity index (χ0n) is 11.4. The van der Waals surface area contributed by atoms with Crippen LogP contribution in [0.3, 0.4) is 0 Å². The Morgan fingerprint density at radius 3 is 2.67 bits per heavy atom. The molecule has 2 aromatic rings. The third kappa shape index (κ3) is 5.32. The Hall–Kier alpha value is -1.66. The van der Waals surface area contributed by atoms with Crippen molar-refractivity contribution < 1.29 is 17.9 Å². The Labute approximate surface area is 120 Å². The molecule has 2 N–H and O–H groups in total. The van der Waals surface area contributed by atoms with Crippen LogP contribution in [0.1, 0.15) is 12.1 Å². The molecule has 0 saturated heterocycles. The maximum atomic E-state index is 11.9. The fraction of sp³-hybridized carbons (Fsp3) is 0.400. The molecular formula is C15H17F3N2O. The average Bonchev–Trinajstić information content (AvgIpc) is 2.42. The Kier molecular flexibility index (Phi) is 5.14. The van der Waals surface area contributed by atoms with E-state index in [1.54, 1.807) is 0 Å². The smallest absolute Gasteiger partial charge is 0.372 e. The van der Waals surface area contributed by atoms with Crippen LogP contribution in [0.25, 0.3) is 10.9 Å². The van der Waals surface area contributed by atoms with Gasteiger partial charge in [-0.1, -0.05) is 24.3 Å². The Morgan fingerprint density at radius 1 is 1.14 bits per heavy atom. The van der Waals surface area contributed by atoms with E-state index in [2.05, 4.69) is 9.72 Å². The fourth-order valence-electron chi connectivity index (χ4n) is 2.02. The van der Waals surface area contributed by atoms with Crippen molar-refractivity contribution in [2.45, 2.75) is 25.1 Å². The fourth-order valence-corrected chi connectivity index (χ4v) is 2.02. The van der Waals surface area contributed by atoms with Gasteiger partial charge in [0.2, 0.25) is 0 Å².